The number of piperidine rings is 1. The normalized spacial score (nSPS) is 15.3. The Morgan fingerprint density at radius 2 is 1.94 bits per heavy atom. The molecule has 0 aliphatic carbocycles. The highest BCUT2D eigenvalue weighted by atomic mass is 32.1. The fraction of sp³-hybridized carbons (Fsp3) is 0.381. The van der Waals surface area contributed by atoms with Crippen molar-refractivity contribution >= 4 is 23.0 Å². The predicted molar refractivity (Wildman–Crippen MR) is 118 cm³/mol. The zero-order valence-corrected chi connectivity index (χ0v) is 19.0. The van der Waals surface area contributed by atoms with E-state index < -0.39 is 12.1 Å². The number of likely N-dealkylation sites (tertiary alicyclic amines) is 1. The van der Waals surface area contributed by atoms with E-state index in [0.29, 0.717) is 5.92 Å². The predicted octanol–water partition coefficient (Wildman–Crippen LogP) is 3.60. The molecule has 1 fully saturated rings. The van der Waals surface area contributed by atoms with Crippen LogP contribution in [0.15, 0.2) is 41.4 Å². The average Bonchev–Trinajstić information content (AvgIpc) is 3.55. The summed E-state index contributed by atoms with van der Waals surface area (Å²) in [4.78, 5) is 11.4. The minimum Gasteiger partial charge on any atom is -0.475 e. The Morgan fingerprint density at radius 3 is 2.53 bits per heavy atom. The summed E-state index contributed by atoms with van der Waals surface area (Å²) >= 11 is 1.77. The van der Waals surface area contributed by atoms with Gasteiger partial charge in [-0.2, -0.15) is 39.2 Å². The van der Waals surface area contributed by atoms with Crippen molar-refractivity contribution in [2.45, 2.75) is 31.5 Å². The Hall–Kier alpha value is -3.32. The molecule has 13 heteroatoms. The van der Waals surface area contributed by atoms with E-state index in [4.69, 9.17) is 15.0 Å². The number of aromatic nitrogens is 6. The van der Waals surface area contributed by atoms with Gasteiger partial charge in [-0.05, 0) is 60.5 Å². The summed E-state index contributed by atoms with van der Waals surface area (Å²) in [6.45, 7) is 3.20. The summed E-state index contributed by atoms with van der Waals surface area (Å²) < 4.78 is 35.4. The SMILES string of the molecule is Cn1cc(-c2ccc3nnc(C4CCN(Cc5ccsc5)CC4)n3n2)cn1.O=C(O)C(F)(F)F. The highest BCUT2D eigenvalue weighted by molar-refractivity contribution is 7.07. The summed E-state index contributed by atoms with van der Waals surface area (Å²) in [5, 5.41) is 29.4. The molecular formula is C21H22F3N7O2S. The van der Waals surface area contributed by atoms with Crippen molar-refractivity contribution in [3.63, 3.8) is 0 Å². The van der Waals surface area contributed by atoms with Crippen LogP contribution in [0.2, 0.25) is 0 Å². The van der Waals surface area contributed by atoms with Crippen molar-refractivity contribution < 1.29 is 23.1 Å². The van der Waals surface area contributed by atoms with E-state index in [2.05, 4.69) is 37.0 Å². The van der Waals surface area contributed by atoms with Crippen LogP contribution in [0.3, 0.4) is 0 Å². The fourth-order valence-electron chi connectivity index (χ4n) is 3.76. The zero-order valence-electron chi connectivity index (χ0n) is 18.2. The second-order valence-corrected chi connectivity index (χ2v) is 8.71. The van der Waals surface area contributed by atoms with E-state index in [9.17, 15) is 13.2 Å². The van der Waals surface area contributed by atoms with E-state index in [0.717, 1.165) is 55.2 Å². The first-order chi connectivity index (χ1) is 16.2. The zero-order chi connectivity index (χ0) is 24.3. The standard InChI is InChI=1S/C19H21N7S.C2HF3O2/c1-24-12-16(10-20-24)17-2-3-18-21-22-19(26(18)23-17)15-4-7-25(8-5-15)11-14-6-9-27-13-14;3-2(4,5)1(6)7/h2-3,6,9-10,12-13,15H,4-5,7-8,11H2,1H3;(H,6,7). The highest BCUT2D eigenvalue weighted by Gasteiger charge is 2.38. The number of halogens is 3. The molecule has 4 aromatic rings. The van der Waals surface area contributed by atoms with Gasteiger partial charge in [0, 0.05) is 31.3 Å². The van der Waals surface area contributed by atoms with Crippen LogP contribution in [-0.4, -0.2) is 64.8 Å². The van der Waals surface area contributed by atoms with E-state index in [1.54, 1.807) is 16.0 Å². The Balaban J connectivity index is 0.000000344. The molecule has 0 aromatic carbocycles. The topological polar surface area (TPSA) is 101 Å². The van der Waals surface area contributed by atoms with Gasteiger partial charge in [0.1, 0.15) is 0 Å². The highest BCUT2D eigenvalue weighted by Crippen LogP contribution is 2.28. The van der Waals surface area contributed by atoms with Crippen molar-refractivity contribution in [1.29, 1.82) is 0 Å². The third-order valence-electron chi connectivity index (χ3n) is 5.47. The van der Waals surface area contributed by atoms with Crippen LogP contribution in [0.25, 0.3) is 16.9 Å². The number of rotatable bonds is 4. The maximum Gasteiger partial charge on any atom is 0.490 e. The summed E-state index contributed by atoms with van der Waals surface area (Å²) in [7, 11) is 1.91. The minimum absolute atomic E-state index is 0.398. The number of aryl methyl sites for hydroxylation is 1. The maximum absolute atomic E-state index is 10.6. The Morgan fingerprint density at radius 1 is 1.21 bits per heavy atom. The van der Waals surface area contributed by atoms with Crippen molar-refractivity contribution in [3.05, 3.63) is 52.7 Å². The quantitative estimate of drug-likeness (QED) is 0.464. The molecule has 0 atom stereocenters. The van der Waals surface area contributed by atoms with Gasteiger partial charge in [-0.25, -0.2) is 4.79 Å². The van der Waals surface area contributed by atoms with Crippen LogP contribution in [0.1, 0.15) is 30.1 Å². The molecule has 0 bridgehead atoms. The van der Waals surface area contributed by atoms with Crippen LogP contribution < -0.4 is 0 Å². The maximum atomic E-state index is 10.6. The van der Waals surface area contributed by atoms with Crippen LogP contribution >= 0.6 is 11.3 Å². The first-order valence-corrected chi connectivity index (χ1v) is 11.4. The summed E-state index contributed by atoms with van der Waals surface area (Å²) in [6.07, 6.45) is 0.899. The second kappa shape index (κ2) is 9.89. The Kier molecular flexibility index (Phi) is 6.93. The van der Waals surface area contributed by atoms with Gasteiger partial charge >= 0.3 is 12.1 Å². The molecule has 0 spiro atoms. The molecule has 1 saturated heterocycles. The molecule has 1 N–H and O–H groups in total. The molecule has 1 aliphatic heterocycles. The monoisotopic (exact) mass is 493 g/mol. The van der Waals surface area contributed by atoms with Gasteiger partial charge in [0.15, 0.2) is 11.5 Å². The van der Waals surface area contributed by atoms with Gasteiger partial charge in [0.05, 0.1) is 11.9 Å². The number of carbonyl (C=O) groups is 1. The molecule has 0 radical (unpaired) electrons. The number of carboxylic acids is 1. The second-order valence-electron chi connectivity index (χ2n) is 7.93. The summed E-state index contributed by atoms with van der Waals surface area (Å²) in [5.41, 5.74) is 4.11. The molecule has 0 amide bonds. The van der Waals surface area contributed by atoms with Crippen LogP contribution in [0, 0.1) is 0 Å². The molecule has 5 rings (SSSR count). The smallest absolute Gasteiger partial charge is 0.475 e. The van der Waals surface area contributed by atoms with Gasteiger partial charge in [0.2, 0.25) is 0 Å². The van der Waals surface area contributed by atoms with Crippen molar-refractivity contribution in [2.24, 2.45) is 7.05 Å². The van der Waals surface area contributed by atoms with Gasteiger partial charge < -0.3 is 5.11 Å². The van der Waals surface area contributed by atoms with Crippen LogP contribution in [0.4, 0.5) is 13.2 Å². The number of carboxylic acid groups (broad SMARTS) is 1. The third kappa shape index (κ3) is 5.59. The largest absolute Gasteiger partial charge is 0.490 e. The van der Waals surface area contributed by atoms with E-state index in [1.165, 1.54) is 5.56 Å². The summed E-state index contributed by atoms with van der Waals surface area (Å²) in [5.74, 6) is -1.38. The number of thiophene rings is 1. The summed E-state index contributed by atoms with van der Waals surface area (Å²) in [6, 6.07) is 6.18. The van der Waals surface area contributed by atoms with Gasteiger partial charge in [-0.15, -0.1) is 10.2 Å². The average molecular weight is 494 g/mol. The molecule has 0 unspecified atom stereocenters. The minimum atomic E-state index is -5.08. The van der Waals surface area contributed by atoms with Crippen LogP contribution in [-0.2, 0) is 18.4 Å². The van der Waals surface area contributed by atoms with E-state index in [-0.39, 0.29) is 0 Å². The molecule has 9 nitrogen and oxygen atoms in total. The third-order valence-corrected chi connectivity index (χ3v) is 6.20. The van der Waals surface area contributed by atoms with Crippen molar-refractivity contribution in [1.82, 2.24) is 34.5 Å². The molecule has 5 heterocycles. The fourth-order valence-corrected chi connectivity index (χ4v) is 4.42. The number of hydrogen-bond acceptors (Lipinski definition) is 7. The Labute approximate surface area is 196 Å². The molecule has 4 aromatic heterocycles. The molecule has 34 heavy (non-hydrogen) atoms. The lowest BCUT2D eigenvalue weighted by atomic mass is 9.96. The molecule has 180 valence electrons. The lowest BCUT2D eigenvalue weighted by molar-refractivity contribution is -0.192. The van der Waals surface area contributed by atoms with Crippen LogP contribution in [0.5, 0.6) is 0 Å². The molecular weight excluding hydrogens is 471 g/mol. The lowest BCUT2D eigenvalue weighted by Gasteiger charge is -2.30. The molecule has 1 aliphatic rings. The first-order valence-electron chi connectivity index (χ1n) is 10.5. The van der Waals surface area contributed by atoms with Crippen molar-refractivity contribution in [3.8, 4) is 11.3 Å². The van der Waals surface area contributed by atoms with Gasteiger partial charge in [-0.3, -0.25) is 9.58 Å². The Bertz CT molecular complexity index is 1250. The van der Waals surface area contributed by atoms with Gasteiger partial charge in [0.25, 0.3) is 0 Å². The van der Waals surface area contributed by atoms with E-state index in [1.807, 2.05) is 36.1 Å². The lowest BCUT2D eigenvalue weighted by Crippen LogP contribution is -2.33. The number of nitrogens with zero attached hydrogens (tertiary/aromatic N) is 7. The number of alkyl halides is 3. The van der Waals surface area contributed by atoms with E-state index >= 15 is 0 Å². The number of hydrogen-bond donors (Lipinski definition) is 1. The van der Waals surface area contributed by atoms with Crippen molar-refractivity contribution in [2.75, 3.05) is 13.1 Å². The number of aliphatic carboxylic acids is 1. The first kappa shape index (κ1) is 23.8. The number of fused-ring (bicyclic) bond motifs is 1. The molecule has 0 saturated carbocycles. The van der Waals surface area contributed by atoms with Gasteiger partial charge in [-0.1, -0.05) is 0 Å².